The zero-order valence-electron chi connectivity index (χ0n) is 11.3. The van der Waals surface area contributed by atoms with Crippen molar-refractivity contribution in [3.05, 3.63) is 0 Å². The topological polar surface area (TPSA) is 50.1 Å². The van der Waals surface area contributed by atoms with E-state index in [1.54, 1.807) is 0 Å². The highest BCUT2D eigenvalue weighted by molar-refractivity contribution is 5.69. The molecular weight excluding hydrogens is 214 g/mol. The van der Waals surface area contributed by atoms with E-state index in [-0.39, 0.29) is 19.1 Å². The molecule has 0 unspecified atom stereocenters. The maximum atomic E-state index is 11.1. The molecule has 3 nitrogen and oxygen atoms in total. The van der Waals surface area contributed by atoms with Gasteiger partial charge in [0.2, 0.25) is 0 Å². The largest absolute Gasteiger partial charge is 0.464 e. The highest BCUT2D eigenvalue weighted by Gasteiger charge is 2.01. The number of carbonyl (C=O) groups excluding carboxylic acids is 1. The Labute approximate surface area is 106 Å². The van der Waals surface area contributed by atoms with E-state index in [0.29, 0.717) is 6.42 Å². The summed E-state index contributed by atoms with van der Waals surface area (Å²) >= 11 is 0. The smallest absolute Gasteiger partial charge is 0.305 e. The Morgan fingerprint density at radius 2 is 1.47 bits per heavy atom. The Hall–Kier alpha value is -0.570. The number of esters is 1. The van der Waals surface area contributed by atoms with Crippen LogP contribution in [0, 0.1) is 0 Å². The van der Waals surface area contributed by atoms with Gasteiger partial charge in [-0.2, -0.15) is 0 Å². The van der Waals surface area contributed by atoms with Crippen LogP contribution in [0.15, 0.2) is 0 Å². The molecule has 0 atom stereocenters. The number of rotatable bonds is 12. The summed E-state index contributed by atoms with van der Waals surface area (Å²) in [5.74, 6) is -0.139. The van der Waals surface area contributed by atoms with Gasteiger partial charge in [-0.25, -0.2) is 0 Å². The summed E-state index contributed by atoms with van der Waals surface area (Å²) in [4.78, 5) is 11.1. The molecule has 101 valence electrons. The highest BCUT2D eigenvalue weighted by atomic mass is 16.5. The molecule has 0 aromatic heterocycles. The fraction of sp³-hybridized carbons (Fsp3) is 0.929. The molecule has 0 aliphatic rings. The van der Waals surface area contributed by atoms with Crippen molar-refractivity contribution in [2.45, 2.75) is 71.1 Å². The van der Waals surface area contributed by atoms with Gasteiger partial charge in [-0.15, -0.1) is 0 Å². The second kappa shape index (κ2) is 13.5. The first-order chi connectivity index (χ1) is 8.31. The molecule has 1 radical (unpaired) electrons. The lowest BCUT2D eigenvalue weighted by Crippen LogP contribution is -2.08. The number of hydrogen-bond donors (Lipinski definition) is 0. The number of nitrogens with one attached hydrogen (secondary N) is 1. The van der Waals surface area contributed by atoms with Crippen molar-refractivity contribution in [1.29, 1.82) is 0 Å². The molecule has 0 aliphatic carbocycles. The molecule has 0 fully saturated rings. The fourth-order valence-corrected chi connectivity index (χ4v) is 1.82. The van der Waals surface area contributed by atoms with Gasteiger partial charge >= 0.3 is 5.97 Å². The Kier molecular flexibility index (Phi) is 13.0. The van der Waals surface area contributed by atoms with Gasteiger partial charge in [0, 0.05) is 13.0 Å². The van der Waals surface area contributed by atoms with Crippen molar-refractivity contribution in [2.75, 3.05) is 13.2 Å². The lowest BCUT2D eigenvalue weighted by molar-refractivity contribution is -0.143. The molecule has 0 bridgehead atoms. The van der Waals surface area contributed by atoms with E-state index in [0.717, 1.165) is 12.8 Å². The van der Waals surface area contributed by atoms with Crippen molar-refractivity contribution < 1.29 is 9.53 Å². The van der Waals surface area contributed by atoms with Crippen LogP contribution in [-0.2, 0) is 9.53 Å². The van der Waals surface area contributed by atoms with Gasteiger partial charge < -0.3 is 4.74 Å². The van der Waals surface area contributed by atoms with Crippen LogP contribution in [0.5, 0.6) is 0 Å². The van der Waals surface area contributed by atoms with Gasteiger partial charge in [-0.05, 0) is 6.42 Å². The molecule has 0 aliphatic heterocycles. The molecule has 0 spiro atoms. The van der Waals surface area contributed by atoms with Crippen LogP contribution in [0.4, 0.5) is 0 Å². The van der Waals surface area contributed by atoms with E-state index >= 15 is 0 Å². The Bertz CT molecular complexity index is 172. The van der Waals surface area contributed by atoms with Crippen molar-refractivity contribution in [3.63, 3.8) is 0 Å². The van der Waals surface area contributed by atoms with Gasteiger partial charge in [0.1, 0.15) is 6.61 Å². The van der Waals surface area contributed by atoms with E-state index in [1.807, 2.05) is 0 Å². The Morgan fingerprint density at radius 3 is 2.00 bits per heavy atom. The summed E-state index contributed by atoms with van der Waals surface area (Å²) in [6, 6.07) is 0. The minimum absolute atomic E-state index is 0.139. The molecule has 17 heavy (non-hydrogen) atoms. The predicted octanol–water partition coefficient (Wildman–Crippen LogP) is 3.73. The average molecular weight is 242 g/mol. The van der Waals surface area contributed by atoms with E-state index in [4.69, 9.17) is 10.5 Å². The number of hydrogen-bond acceptors (Lipinski definition) is 2. The molecule has 0 saturated heterocycles. The normalized spacial score (nSPS) is 10.5. The molecule has 0 rings (SSSR count). The molecule has 0 aromatic carbocycles. The minimum atomic E-state index is -0.139. The zero-order valence-corrected chi connectivity index (χ0v) is 11.3. The standard InChI is InChI=1S/C14H28NO2/c1-2-3-4-5-6-7-8-9-10-11-14(16)17-13-12-15/h15H,2-13H2,1H3. The summed E-state index contributed by atoms with van der Waals surface area (Å²) in [5, 5.41) is 0. The first kappa shape index (κ1) is 16.4. The lowest BCUT2D eigenvalue weighted by atomic mass is 10.1. The maximum absolute atomic E-state index is 11.1. The molecule has 0 aromatic rings. The van der Waals surface area contributed by atoms with Crippen LogP contribution in [0.25, 0.3) is 0 Å². The monoisotopic (exact) mass is 242 g/mol. The van der Waals surface area contributed by atoms with Gasteiger partial charge in [-0.1, -0.05) is 58.3 Å². The molecule has 0 amide bonds. The Morgan fingerprint density at radius 1 is 0.941 bits per heavy atom. The van der Waals surface area contributed by atoms with Gasteiger partial charge in [0.15, 0.2) is 0 Å². The molecule has 3 heteroatoms. The summed E-state index contributed by atoms with van der Waals surface area (Å²) in [5.41, 5.74) is 6.86. The second-order valence-electron chi connectivity index (χ2n) is 4.55. The quantitative estimate of drug-likeness (QED) is 0.387. The average Bonchev–Trinajstić information content (AvgIpc) is 2.34. The third kappa shape index (κ3) is 13.4. The van der Waals surface area contributed by atoms with E-state index in [9.17, 15) is 4.79 Å². The second-order valence-corrected chi connectivity index (χ2v) is 4.55. The van der Waals surface area contributed by atoms with Gasteiger partial charge in [0.05, 0.1) is 0 Å². The summed E-state index contributed by atoms with van der Waals surface area (Å²) in [6.07, 6.45) is 11.9. The Balaban J connectivity index is 3.05. The third-order valence-electron chi connectivity index (χ3n) is 2.85. The third-order valence-corrected chi connectivity index (χ3v) is 2.85. The van der Waals surface area contributed by atoms with E-state index in [2.05, 4.69) is 6.92 Å². The van der Waals surface area contributed by atoms with Crippen molar-refractivity contribution in [2.24, 2.45) is 0 Å². The highest BCUT2D eigenvalue weighted by Crippen LogP contribution is 2.10. The molecular formula is C14H28NO2. The van der Waals surface area contributed by atoms with Crippen LogP contribution < -0.4 is 5.73 Å². The van der Waals surface area contributed by atoms with Crippen molar-refractivity contribution in [1.82, 2.24) is 5.73 Å². The first-order valence-corrected chi connectivity index (χ1v) is 7.11. The maximum Gasteiger partial charge on any atom is 0.305 e. The number of unbranched alkanes of at least 4 members (excludes halogenated alkanes) is 8. The molecule has 0 saturated carbocycles. The van der Waals surface area contributed by atoms with Crippen molar-refractivity contribution >= 4 is 5.97 Å². The summed E-state index contributed by atoms with van der Waals surface area (Å²) in [6.45, 7) is 2.65. The predicted molar refractivity (Wildman–Crippen MR) is 70.8 cm³/mol. The number of ether oxygens (including phenoxy) is 1. The van der Waals surface area contributed by atoms with Crippen LogP contribution in [0.1, 0.15) is 71.1 Å². The summed E-state index contributed by atoms with van der Waals surface area (Å²) < 4.78 is 4.84. The van der Waals surface area contributed by atoms with Crippen molar-refractivity contribution in [3.8, 4) is 0 Å². The zero-order chi connectivity index (χ0) is 12.8. The van der Waals surface area contributed by atoms with Crippen LogP contribution in [0.3, 0.4) is 0 Å². The van der Waals surface area contributed by atoms with Crippen LogP contribution >= 0.6 is 0 Å². The lowest BCUT2D eigenvalue weighted by Gasteiger charge is -2.03. The number of carbonyl (C=O) groups is 1. The first-order valence-electron chi connectivity index (χ1n) is 7.11. The summed E-state index contributed by atoms with van der Waals surface area (Å²) in [7, 11) is 0. The van der Waals surface area contributed by atoms with Gasteiger partial charge in [-0.3, -0.25) is 10.5 Å². The van der Waals surface area contributed by atoms with Gasteiger partial charge in [0.25, 0.3) is 0 Å². The fourth-order valence-electron chi connectivity index (χ4n) is 1.82. The minimum Gasteiger partial charge on any atom is -0.464 e. The molecule has 0 heterocycles. The van der Waals surface area contributed by atoms with E-state index in [1.165, 1.54) is 44.9 Å². The SMILES string of the molecule is CCCCCCCCCCCC(=O)OCC[NH]. The van der Waals surface area contributed by atoms with E-state index < -0.39 is 0 Å². The molecule has 1 N–H and O–H groups in total. The van der Waals surface area contributed by atoms with Crippen LogP contribution in [-0.4, -0.2) is 19.1 Å². The van der Waals surface area contributed by atoms with Crippen LogP contribution in [0.2, 0.25) is 0 Å².